The van der Waals surface area contributed by atoms with E-state index in [1.165, 1.54) is 0 Å². The highest BCUT2D eigenvalue weighted by atomic mass is 16.6. The Bertz CT molecular complexity index is 445. The Morgan fingerprint density at radius 2 is 1.30 bits per heavy atom. The fraction of sp³-hybridized carbons (Fsp3) is 0.609. The van der Waals surface area contributed by atoms with Crippen molar-refractivity contribution in [2.24, 2.45) is 0 Å². The molecular weight excluding hydrogens is 340 g/mol. The van der Waals surface area contributed by atoms with Gasteiger partial charge in [0.05, 0.1) is 13.2 Å². The first-order valence-corrected chi connectivity index (χ1v) is 10.3. The van der Waals surface area contributed by atoms with Crippen molar-refractivity contribution in [1.29, 1.82) is 0 Å². The highest BCUT2D eigenvalue weighted by Crippen LogP contribution is 2.08. The van der Waals surface area contributed by atoms with Gasteiger partial charge < -0.3 is 14.9 Å². The second-order valence-electron chi connectivity index (χ2n) is 6.43. The molecular formula is C23H38O4. The van der Waals surface area contributed by atoms with E-state index < -0.39 is 6.10 Å². The zero-order valence-corrected chi connectivity index (χ0v) is 16.9. The first-order valence-electron chi connectivity index (χ1n) is 10.3. The van der Waals surface area contributed by atoms with Crippen LogP contribution in [-0.2, 0) is 9.53 Å². The highest BCUT2D eigenvalue weighted by Gasteiger charge is 2.11. The molecule has 0 aliphatic heterocycles. The van der Waals surface area contributed by atoms with Gasteiger partial charge >= 0.3 is 5.97 Å². The topological polar surface area (TPSA) is 66.8 Å². The smallest absolute Gasteiger partial charge is 0.306 e. The number of rotatable bonds is 17. The number of carbonyl (C=O) groups excluding carboxylic acids is 1. The number of aliphatic hydroxyl groups excluding tert-OH is 2. The molecule has 4 heteroatoms. The van der Waals surface area contributed by atoms with Crippen molar-refractivity contribution in [3.63, 3.8) is 0 Å². The van der Waals surface area contributed by atoms with Gasteiger partial charge in [-0.1, -0.05) is 68.4 Å². The summed E-state index contributed by atoms with van der Waals surface area (Å²) in [5, 5.41) is 17.7. The summed E-state index contributed by atoms with van der Waals surface area (Å²) in [4.78, 5) is 11.5. The average Bonchev–Trinajstić information content (AvgIpc) is 2.68. The molecule has 0 aromatic carbocycles. The molecule has 0 heterocycles. The molecule has 0 aliphatic rings. The summed E-state index contributed by atoms with van der Waals surface area (Å²) in [6.07, 6.45) is 26.3. The Hall–Kier alpha value is -1.65. The predicted octanol–water partition coefficient (Wildman–Crippen LogP) is 5.03. The molecule has 0 saturated carbocycles. The Kier molecular flexibility index (Phi) is 19.4. The minimum atomic E-state index is -0.782. The SMILES string of the molecule is CC/C=C\C/C=C\C/C=C\C/C=C\CCCCCCC(=O)OC(CO)CO. The van der Waals surface area contributed by atoms with Crippen LogP contribution in [0.3, 0.4) is 0 Å². The van der Waals surface area contributed by atoms with Crippen molar-refractivity contribution in [2.45, 2.75) is 77.2 Å². The average molecular weight is 379 g/mol. The first kappa shape index (κ1) is 25.4. The van der Waals surface area contributed by atoms with Crippen molar-refractivity contribution < 1.29 is 19.7 Å². The molecule has 0 spiro atoms. The van der Waals surface area contributed by atoms with Crippen LogP contribution in [0.4, 0.5) is 0 Å². The summed E-state index contributed by atoms with van der Waals surface area (Å²) < 4.78 is 4.91. The number of carbonyl (C=O) groups is 1. The standard InChI is InChI=1S/C23H38O4/c1-2-3-4-5-6-7-8-9-10-11-12-13-14-15-16-17-18-19-23(26)27-22(20-24)21-25/h3-4,6-7,9-10,12-13,22,24-25H,2,5,8,11,14-21H2,1H3/b4-3-,7-6-,10-9-,13-12-. The van der Waals surface area contributed by atoms with Crippen molar-refractivity contribution >= 4 is 5.97 Å². The molecule has 0 saturated heterocycles. The summed E-state index contributed by atoms with van der Waals surface area (Å²) in [5.41, 5.74) is 0. The fourth-order valence-corrected chi connectivity index (χ4v) is 2.36. The molecule has 0 radical (unpaired) electrons. The molecule has 0 fully saturated rings. The molecule has 0 rings (SSSR count). The number of aliphatic hydroxyl groups is 2. The van der Waals surface area contributed by atoms with Crippen molar-refractivity contribution in [3.8, 4) is 0 Å². The molecule has 0 bridgehead atoms. The summed E-state index contributed by atoms with van der Waals surface area (Å²) in [5.74, 6) is -0.345. The van der Waals surface area contributed by atoms with Gasteiger partial charge in [-0.05, 0) is 44.9 Å². The van der Waals surface area contributed by atoms with Crippen LogP contribution in [-0.4, -0.2) is 35.5 Å². The van der Waals surface area contributed by atoms with Crippen LogP contribution in [0.15, 0.2) is 48.6 Å². The molecule has 27 heavy (non-hydrogen) atoms. The molecule has 0 atom stereocenters. The number of allylic oxidation sites excluding steroid dienone is 8. The molecule has 0 unspecified atom stereocenters. The van der Waals surface area contributed by atoms with E-state index >= 15 is 0 Å². The summed E-state index contributed by atoms with van der Waals surface area (Å²) in [6, 6.07) is 0. The van der Waals surface area contributed by atoms with E-state index in [1.807, 2.05) is 0 Å². The number of hydrogen-bond donors (Lipinski definition) is 2. The number of esters is 1. The van der Waals surface area contributed by atoms with Gasteiger partial charge in [0.2, 0.25) is 0 Å². The summed E-state index contributed by atoms with van der Waals surface area (Å²) in [6.45, 7) is 1.47. The Morgan fingerprint density at radius 1 is 0.778 bits per heavy atom. The normalized spacial score (nSPS) is 12.4. The van der Waals surface area contributed by atoms with Crippen LogP contribution in [0.1, 0.15) is 71.1 Å². The monoisotopic (exact) mass is 378 g/mol. The van der Waals surface area contributed by atoms with Crippen molar-refractivity contribution in [1.82, 2.24) is 0 Å². The van der Waals surface area contributed by atoms with E-state index in [4.69, 9.17) is 14.9 Å². The van der Waals surface area contributed by atoms with Crippen LogP contribution < -0.4 is 0 Å². The van der Waals surface area contributed by atoms with Crippen LogP contribution in [0.25, 0.3) is 0 Å². The third-order valence-electron chi connectivity index (χ3n) is 3.93. The van der Waals surface area contributed by atoms with E-state index in [0.717, 1.165) is 57.8 Å². The fourth-order valence-electron chi connectivity index (χ4n) is 2.36. The summed E-state index contributed by atoms with van der Waals surface area (Å²) >= 11 is 0. The quantitative estimate of drug-likeness (QED) is 0.212. The molecule has 0 aromatic rings. The highest BCUT2D eigenvalue weighted by molar-refractivity contribution is 5.69. The zero-order valence-electron chi connectivity index (χ0n) is 16.9. The maximum atomic E-state index is 11.5. The zero-order chi connectivity index (χ0) is 20.0. The molecule has 2 N–H and O–H groups in total. The van der Waals surface area contributed by atoms with E-state index in [-0.39, 0.29) is 19.2 Å². The lowest BCUT2D eigenvalue weighted by Gasteiger charge is -2.12. The first-order chi connectivity index (χ1) is 13.2. The third-order valence-corrected chi connectivity index (χ3v) is 3.93. The lowest BCUT2D eigenvalue weighted by Crippen LogP contribution is -2.25. The number of ether oxygens (including phenoxy) is 1. The molecule has 0 amide bonds. The minimum absolute atomic E-state index is 0.336. The molecule has 4 nitrogen and oxygen atoms in total. The van der Waals surface area contributed by atoms with Crippen LogP contribution >= 0.6 is 0 Å². The van der Waals surface area contributed by atoms with Gasteiger partial charge in [-0.2, -0.15) is 0 Å². The van der Waals surface area contributed by atoms with Gasteiger partial charge in [0, 0.05) is 6.42 Å². The van der Waals surface area contributed by atoms with Gasteiger partial charge in [-0.25, -0.2) is 0 Å². The van der Waals surface area contributed by atoms with Crippen molar-refractivity contribution in [3.05, 3.63) is 48.6 Å². The van der Waals surface area contributed by atoms with Gasteiger partial charge in [-0.15, -0.1) is 0 Å². The maximum absolute atomic E-state index is 11.5. The molecule has 0 aliphatic carbocycles. The van der Waals surface area contributed by atoms with E-state index in [1.54, 1.807) is 0 Å². The maximum Gasteiger partial charge on any atom is 0.306 e. The van der Waals surface area contributed by atoms with Gasteiger partial charge in [-0.3, -0.25) is 4.79 Å². The minimum Gasteiger partial charge on any atom is -0.457 e. The van der Waals surface area contributed by atoms with Crippen LogP contribution in [0.5, 0.6) is 0 Å². The van der Waals surface area contributed by atoms with Crippen LogP contribution in [0, 0.1) is 0 Å². The second-order valence-corrected chi connectivity index (χ2v) is 6.43. The molecule has 154 valence electrons. The van der Waals surface area contributed by atoms with Gasteiger partial charge in [0.1, 0.15) is 6.10 Å². The van der Waals surface area contributed by atoms with E-state index in [0.29, 0.717) is 6.42 Å². The van der Waals surface area contributed by atoms with E-state index in [2.05, 4.69) is 55.5 Å². The summed E-state index contributed by atoms with van der Waals surface area (Å²) in [7, 11) is 0. The Morgan fingerprint density at radius 3 is 1.85 bits per heavy atom. The lowest BCUT2D eigenvalue weighted by atomic mass is 10.1. The number of hydrogen-bond acceptors (Lipinski definition) is 4. The Balaban J connectivity index is 3.46. The van der Waals surface area contributed by atoms with Gasteiger partial charge in [0.25, 0.3) is 0 Å². The van der Waals surface area contributed by atoms with Crippen molar-refractivity contribution in [2.75, 3.05) is 13.2 Å². The largest absolute Gasteiger partial charge is 0.457 e. The third kappa shape index (κ3) is 18.9. The lowest BCUT2D eigenvalue weighted by molar-refractivity contribution is -0.153. The van der Waals surface area contributed by atoms with Crippen LogP contribution in [0.2, 0.25) is 0 Å². The van der Waals surface area contributed by atoms with E-state index in [9.17, 15) is 4.79 Å². The number of unbranched alkanes of at least 4 members (excludes halogenated alkanes) is 4. The second kappa shape index (κ2) is 20.7. The Labute approximate surface area is 165 Å². The van der Waals surface area contributed by atoms with Gasteiger partial charge in [0.15, 0.2) is 0 Å². The molecule has 0 aromatic heterocycles. The predicted molar refractivity (Wildman–Crippen MR) is 112 cm³/mol.